The lowest BCUT2D eigenvalue weighted by atomic mass is 10.2. The summed E-state index contributed by atoms with van der Waals surface area (Å²) in [5.74, 6) is 0.628. The molecular weight excluding hydrogens is 243 g/mol. The topological polar surface area (TPSA) is 36.9 Å². The van der Waals surface area contributed by atoms with E-state index in [0.29, 0.717) is 5.75 Å². The highest BCUT2D eigenvalue weighted by Gasteiger charge is 2.30. The van der Waals surface area contributed by atoms with Gasteiger partial charge in [0.2, 0.25) is 0 Å². The molecule has 2 aromatic rings. The van der Waals surface area contributed by atoms with Gasteiger partial charge in [-0.25, -0.2) is 0 Å². The van der Waals surface area contributed by atoms with Gasteiger partial charge in [0.15, 0.2) is 0 Å². The summed E-state index contributed by atoms with van der Waals surface area (Å²) in [6, 6.07) is 11.5. The lowest BCUT2D eigenvalue weighted by Gasteiger charge is -2.09. The Morgan fingerprint density at radius 1 is 0.889 bits per heavy atom. The van der Waals surface area contributed by atoms with Crippen molar-refractivity contribution in [2.75, 3.05) is 0 Å². The number of hydrogen-bond donors (Lipinski definition) is 1. The monoisotopic (exact) mass is 254 g/mol. The molecule has 2 rings (SSSR count). The van der Waals surface area contributed by atoms with E-state index in [-0.39, 0.29) is 5.75 Å². The molecule has 0 radical (unpaired) electrons. The molecule has 0 saturated heterocycles. The van der Waals surface area contributed by atoms with Crippen LogP contribution in [-0.2, 0) is 6.18 Å². The molecule has 0 amide bonds. The van der Waals surface area contributed by atoms with Gasteiger partial charge in [-0.2, -0.15) is 13.2 Å². The summed E-state index contributed by atoms with van der Waals surface area (Å²) < 4.78 is 42.8. The first-order valence-corrected chi connectivity index (χ1v) is 5.22. The zero-order valence-corrected chi connectivity index (χ0v) is 9.37. The van der Waals surface area contributed by atoms with E-state index in [1.807, 2.05) is 0 Å². The van der Waals surface area contributed by atoms with E-state index in [2.05, 4.69) is 5.73 Å². The van der Waals surface area contributed by atoms with Crippen LogP contribution in [0.1, 0.15) is 5.56 Å². The van der Waals surface area contributed by atoms with Crippen LogP contribution in [-0.4, -0.2) is 0 Å². The fourth-order valence-electron chi connectivity index (χ4n) is 1.43. The Morgan fingerprint density at radius 2 is 1.56 bits per heavy atom. The molecule has 0 heterocycles. The Balaban J connectivity index is 2.22. The van der Waals surface area contributed by atoms with E-state index in [4.69, 9.17) is 4.74 Å². The zero-order chi connectivity index (χ0) is 13.2. The van der Waals surface area contributed by atoms with Crippen LogP contribution in [0.15, 0.2) is 48.5 Å². The van der Waals surface area contributed by atoms with Crippen LogP contribution >= 0.6 is 0 Å². The molecular formula is C13H11F3NO+. The largest absolute Gasteiger partial charge is 0.457 e. The fourth-order valence-corrected chi connectivity index (χ4v) is 1.43. The van der Waals surface area contributed by atoms with Gasteiger partial charge >= 0.3 is 6.18 Å². The minimum Gasteiger partial charge on any atom is -0.457 e. The third kappa shape index (κ3) is 3.01. The van der Waals surface area contributed by atoms with Gasteiger partial charge in [0.25, 0.3) is 0 Å². The molecule has 0 aliphatic carbocycles. The van der Waals surface area contributed by atoms with Gasteiger partial charge in [0.1, 0.15) is 17.2 Å². The van der Waals surface area contributed by atoms with E-state index in [0.717, 1.165) is 17.8 Å². The lowest BCUT2D eigenvalue weighted by molar-refractivity contribution is -0.254. The second kappa shape index (κ2) is 4.70. The van der Waals surface area contributed by atoms with Crippen molar-refractivity contribution in [3.05, 3.63) is 54.1 Å². The molecule has 94 valence electrons. The van der Waals surface area contributed by atoms with Gasteiger partial charge in [-0.1, -0.05) is 6.07 Å². The van der Waals surface area contributed by atoms with E-state index >= 15 is 0 Å². The second-order valence-electron chi connectivity index (χ2n) is 3.77. The summed E-state index contributed by atoms with van der Waals surface area (Å²) in [6.07, 6.45) is -4.36. The van der Waals surface area contributed by atoms with E-state index in [1.165, 1.54) is 12.1 Å². The molecule has 0 aliphatic heterocycles. The van der Waals surface area contributed by atoms with Gasteiger partial charge in [-0.3, -0.25) is 0 Å². The minimum atomic E-state index is -4.36. The summed E-state index contributed by atoms with van der Waals surface area (Å²) in [5, 5.41) is 0. The molecule has 2 nitrogen and oxygen atoms in total. The summed E-state index contributed by atoms with van der Waals surface area (Å²) in [5.41, 5.74) is 3.79. The number of ether oxygens (including phenoxy) is 1. The van der Waals surface area contributed by atoms with Crippen molar-refractivity contribution >= 4 is 5.69 Å². The Hall–Kier alpha value is -2.01. The van der Waals surface area contributed by atoms with Gasteiger partial charge < -0.3 is 10.5 Å². The number of rotatable bonds is 2. The molecule has 3 N–H and O–H groups in total. The van der Waals surface area contributed by atoms with Crippen LogP contribution < -0.4 is 10.5 Å². The van der Waals surface area contributed by atoms with Crippen molar-refractivity contribution in [2.24, 2.45) is 0 Å². The van der Waals surface area contributed by atoms with Crippen LogP contribution in [0.3, 0.4) is 0 Å². The summed E-state index contributed by atoms with van der Waals surface area (Å²) in [4.78, 5) is 0. The van der Waals surface area contributed by atoms with Gasteiger partial charge in [0.05, 0.1) is 5.56 Å². The first kappa shape index (κ1) is 12.4. The SMILES string of the molecule is [NH3+]c1ccc(Oc2cccc(C(F)(F)F)c2)cc1. The van der Waals surface area contributed by atoms with Crippen LogP contribution in [0, 0.1) is 0 Å². The smallest absolute Gasteiger partial charge is 0.416 e. The van der Waals surface area contributed by atoms with Crippen molar-refractivity contribution < 1.29 is 23.6 Å². The average molecular weight is 254 g/mol. The van der Waals surface area contributed by atoms with Crippen LogP contribution in [0.2, 0.25) is 0 Å². The highest BCUT2D eigenvalue weighted by atomic mass is 19.4. The van der Waals surface area contributed by atoms with Crippen LogP contribution in [0.4, 0.5) is 18.9 Å². The van der Waals surface area contributed by atoms with Crippen molar-refractivity contribution in [2.45, 2.75) is 6.18 Å². The van der Waals surface area contributed by atoms with E-state index in [1.54, 1.807) is 24.3 Å². The van der Waals surface area contributed by atoms with Crippen molar-refractivity contribution in [1.82, 2.24) is 0 Å². The van der Waals surface area contributed by atoms with Crippen LogP contribution in [0.5, 0.6) is 11.5 Å². The fraction of sp³-hybridized carbons (Fsp3) is 0.0769. The molecule has 0 saturated carbocycles. The number of benzene rings is 2. The molecule has 0 aliphatic rings. The highest BCUT2D eigenvalue weighted by molar-refractivity contribution is 5.38. The highest BCUT2D eigenvalue weighted by Crippen LogP contribution is 2.32. The molecule has 5 heteroatoms. The Morgan fingerprint density at radius 3 is 2.17 bits per heavy atom. The Kier molecular flexibility index (Phi) is 3.25. The Bertz CT molecular complexity index is 535. The maximum atomic E-state index is 12.5. The van der Waals surface area contributed by atoms with Crippen molar-refractivity contribution in [3.8, 4) is 11.5 Å². The lowest BCUT2D eigenvalue weighted by Crippen LogP contribution is -2.39. The first-order valence-electron chi connectivity index (χ1n) is 5.22. The van der Waals surface area contributed by atoms with Gasteiger partial charge in [-0.05, 0) is 30.3 Å². The molecule has 18 heavy (non-hydrogen) atoms. The maximum absolute atomic E-state index is 12.5. The predicted octanol–water partition coefficient (Wildman–Crippen LogP) is 3.37. The summed E-state index contributed by atoms with van der Waals surface area (Å²) >= 11 is 0. The third-order valence-corrected chi connectivity index (χ3v) is 2.32. The molecule has 0 spiro atoms. The van der Waals surface area contributed by atoms with E-state index in [9.17, 15) is 13.2 Å². The average Bonchev–Trinajstić information content (AvgIpc) is 2.31. The summed E-state index contributed by atoms with van der Waals surface area (Å²) in [6.45, 7) is 0. The quantitative estimate of drug-likeness (QED) is 0.876. The molecule has 0 fully saturated rings. The molecule has 0 aromatic heterocycles. The number of halogens is 3. The standard InChI is InChI=1S/C13H10F3NO/c14-13(15,16)9-2-1-3-12(8-9)18-11-6-4-10(17)5-7-11/h1-8H,17H2/p+1. The predicted molar refractivity (Wildman–Crippen MR) is 60.5 cm³/mol. The summed E-state index contributed by atoms with van der Waals surface area (Å²) in [7, 11) is 0. The Labute approximate surface area is 102 Å². The number of alkyl halides is 3. The minimum absolute atomic E-state index is 0.154. The normalized spacial score (nSPS) is 11.3. The van der Waals surface area contributed by atoms with Gasteiger partial charge in [0, 0.05) is 12.1 Å². The van der Waals surface area contributed by atoms with Crippen LogP contribution in [0.25, 0.3) is 0 Å². The first-order chi connectivity index (χ1) is 8.45. The second-order valence-corrected chi connectivity index (χ2v) is 3.77. The van der Waals surface area contributed by atoms with Crippen molar-refractivity contribution in [1.29, 1.82) is 0 Å². The number of hydrogen-bond acceptors (Lipinski definition) is 1. The zero-order valence-electron chi connectivity index (χ0n) is 9.37. The maximum Gasteiger partial charge on any atom is 0.416 e. The molecule has 0 atom stereocenters. The third-order valence-electron chi connectivity index (χ3n) is 2.32. The molecule has 2 aromatic carbocycles. The molecule has 0 unspecified atom stereocenters. The van der Waals surface area contributed by atoms with E-state index < -0.39 is 11.7 Å². The van der Waals surface area contributed by atoms with Crippen molar-refractivity contribution in [3.63, 3.8) is 0 Å². The van der Waals surface area contributed by atoms with Gasteiger partial charge in [-0.15, -0.1) is 0 Å². The molecule has 0 bridgehead atoms. The number of quaternary nitrogens is 1.